The predicted octanol–water partition coefficient (Wildman–Crippen LogP) is 4.37. The minimum Gasteiger partial charge on any atom is -0.496 e. The Morgan fingerprint density at radius 3 is 2.26 bits per heavy atom. The number of para-hydroxylation sites is 2. The number of carbonyl (C=O) groups excluding carboxylic acids is 1. The van der Waals surface area contributed by atoms with Gasteiger partial charge in [0.2, 0.25) is 0 Å². The van der Waals surface area contributed by atoms with Gasteiger partial charge in [-0.25, -0.2) is 4.68 Å². The van der Waals surface area contributed by atoms with Crippen LogP contribution >= 0.6 is 0 Å². The van der Waals surface area contributed by atoms with Crippen molar-refractivity contribution in [2.45, 2.75) is 40.2 Å². The van der Waals surface area contributed by atoms with Crippen LogP contribution in [0.3, 0.4) is 0 Å². The molecular formula is C28H32N4O3. The summed E-state index contributed by atoms with van der Waals surface area (Å²) in [5.41, 5.74) is 11.5. The van der Waals surface area contributed by atoms with E-state index in [4.69, 9.17) is 10.5 Å². The summed E-state index contributed by atoms with van der Waals surface area (Å²) in [6.45, 7) is 6.39. The van der Waals surface area contributed by atoms with E-state index in [1.54, 1.807) is 11.8 Å². The molecule has 0 radical (unpaired) electrons. The SMILES string of the molecule is CCCc1c(-c2c(C)n(C)n(-c3ccccc3)c2=O)c(C(N)=O)c(C)n1Cc1ccccc1OC. The van der Waals surface area contributed by atoms with E-state index in [0.717, 1.165) is 40.5 Å². The zero-order valence-electron chi connectivity index (χ0n) is 21.0. The quantitative estimate of drug-likeness (QED) is 0.413. The standard InChI is InChI=1S/C28H32N4O3/c1-6-12-22-26(25-18(2)30(4)32(28(25)34)21-14-8-7-9-15-21)24(27(29)33)19(3)31(22)17-20-13-10-11-16-23(20)35-5/h7-11,13-16H,6,12,17H2,1-5H3,(H2,29,33). The van der Waals surface area contributed by atoms with Gasteiger partial charge in [0.05, 0.1) is 30.5 Å². The smallest absolute Gasteiger partial charge is 0.279 e. The Kier molecular flexibility index (Phi) is 6.69. The highest BCUT2D eigenvalue weighted by Crippen LogP contribution is 2.35. The van der Waals surface area contributed by atoms with E-state index in [0.29, 0.717) is 29.7 Å². The molecule has 2 aromatic heterocycles. The molecule has 0 fully saturated rings. The summed E-state index contributed by atoms with van der Waals surface area (Å²) >= 11 is 0. The summed E-state index contributed by atoms with van der Waals surface area (Å²) in [4.78, 5) is 26.7. The summed E-state index contributed by atoms with van der Waals surface area (Å²) in [5.74, 6) is 0.232. The van der Waals surface area contributed by atoms with Crippen LogP contribution in [0.4, 0.5) is 0 Å². The summed E-state index contributed by atoms with van der Waals surface area (Å²) < 4.78 is 11.1. The van der Waals surface area contributed by atoms with Crippen molar-refractivity contribution in [1.82, 2.24) is 13.9 Å². The minimum absolute atomic E-state index is 0.175. The zero-order valence-corrected chi connectivity index (χ0v) is 21.0. The highest BCUT2D eigenvalue weighted by Gasteiger charge is 2.30. The van der Waals surface area contributed by atoms with Crippen molar-refractivity contribution in [3.8, 4) is 22.6 Å². The van der Waals surface area contributed by atoms with Crippen LogP contribution in [-0.2, 0) is 20.0 Å². The first-order valence-electron chi connectivity index (χ1n) is 11.8. The Balaban J connectivity index is 2.03. The van der Waals surface area contributed by atoms with Crippen LogP contribution in [0.15, 0.2) is 59.4 Å². The first-order valence-corrected chi connectivity index (χ1v) is 11.8. The fourth-order valence-electron chi connectivity index (χ4n) is 4.94. The second kappa shape index (κ2) is 9.70. The molecule has 7 nitrogen and oxygen atoms in total. The van der Waals surface area contributed by atoms with Crippen LogP contribution in [-0.4, -0.2) is 26.9 Å². The monoisotopic (exact) mass is 472 g/mol. The van der Waals surface area contributed by atoms with Crippen molar-refractivity contribution in [3.05, 3.63) is 93.2 Å². The molecular weight excluding hydrogens is 440 g/mol. The summed E-state index contributed by atoms with van der Waals surface area (Å²) in [5, 5.41) is 0. The topological polar surface area (TPSA) is 84.2 Å². The van der Waals surface area contributed by atoms with Gasteiger partial charge in [0.1, 0.15) is 5.75 Å². The number of methoxy groups -OCH3 is 1. The van der Waals surface area contributed by atoms with E-state index in [1.165, 1.54) is 0 Å². The van der Waals surface area contributed by atoms with E-state index >= 15 is 0 Å². The Labute approximate surface area is 205 Å². The molecule has 7 heteroatoms. The molecule has 0 saturated carbocycles. The van der Waals surface area contributed by atoms with Gasteiger partial charge in [-0.15, -0.1) is 0 Å². The number of hydrogen-bond donors (Lipinski definition) is 1. The lowest BCUT2D eigenvalue weighted by Gasteiger charge is -2.15. The van der Waals surface area contributed by atoms with E-state index < -0.39 is 5.91 Å². The van der Waals surface area contributed by atoms with Crippen LogP contribution in [0.25, 0.3) is 16.8 Å². The second-order valence-corrected chi connectivity index (χ2v) is 8.73. The number of nitrogens with zero attached hydrogens (tertiary/aromatic N) is 3. The molecule has 0 saturated heterocycles. The number of nitrogens with two attached hydrogens (primary N) is 1. The molecule has 0 unspecified atom stereocenters. The number of aromatic nitrogens is 3. The van der Waals surface area contributed by atoms with E-state index in [2.05, 4.69) is 11.5 Å². The van der Waals surface area contributed by atoms with Crippen molar-refractivity contribution >= 4 is 5.91 Å². The second-order valence-electron chi connectivity index (χ2n) is 8.73. The molecule has 0 bridgehead atoms. The zero-order chi connectivity index (χ0) is 25.3. The Hall–Kier alpha value is -4.00. The normalized spacial score (nSPS) is 11.1. The van der Waals surface area contributed by atoms with Gasteiger partial charge in [-0.1, -0.05) is 49.7 Å². The van der Waals surface area contributed by atoms with Gasteiger partial charge in [-0.2, -0.15) is 0 Å². The maximum absolute atomic E-state index is 13.9. The van der Waals surface area contributed by atoms with Crippen molar-refractivity contribution in [2.75, 3.05) is 7.11 Å². The van der Waals surface area contributed by atoms with Gasteiger partial charge >= 0.3 is 0 Å². The fraction of sp³-hybridized carbons (Fsp3) is 0.286. The van der Waals surface area contributed by atoms with Crippen LogP contribution in [0.5, 0.6) is 5.75 Å². The van der Waals surface area contributed by atoms with Crippen molar-refractivity contribution in [3.63, 3.8) is 0 Å². The third-order valence-electron chi connectivity index (χ3n) is 6.69. The van der Waals surface area contributed by atoms with Crippen LogP contribution in [0, 0.1) is 13.8 Å². The minimum atomic E-state index is -0.539. The van der Waals surface area contributed by atoms with Gasteiger partial charge in [0.15, 0.2) is 0 Å². The van der Waals surface area contributed by atoms with Gasteiger partial charge < -0.3 is 15.0 Å². The van der Waals surface area contributed by atoms with Gasteiger partial charge in [-0.05, 0) is 38.5 Å². The average Bonchev–Trinajstić information content (AvgIpc) is 3.24. The average molecular weight is 473 g/mol. The number of primary amides is 1. The Bertz CT molecular complexity index is 1440. The van der Waals surface area contributed by atoms with Gasteiger partial charge in [-0.3, -0.25) is 14.3 Å². The number of ether oxygens (including phenoxy) is 1. The van der Waals surface area contributed by atoms with Crippen LogP contribution in [0.2, 0.25) is 0 Å². The largest absolute Gasteiger partial charge is 0.496 e. The molecule has 0 atom stereocenters. The molecule has 0 aliphatic carbocycles. The summed E-state index contributed by atoms with van der Waals surface area (Å²) in [6.07, 6.45) is 1.54. The lowest BCUT2D eigenvalue weighted by molar-refractivity contribution is 0.1000. The molecule has 2 heterocycles. The third-order valence-corrected chi connectivity index (χ3v) is 6.69. The molecule has 0 aliphatic rings. The number of amides is 1. The molecule has 4 aromatic rings. The highest BCUT2D eigenvalue weighted by molar-refractivity contribution is 6.02. The number of benzene rings is 2. The molecule has 2 aromatic carbocycles. The molecule has 4 rings (SSSR count). The fourth-order valence-corrected chi connectivity index (χ4v) is 4.94. The Morgan fingerprint density at radius 1 is 0.971 bits per heavy atom. The van der Waals surface area contributed by atoms with E-state index in [1.807, 2.05) is 80.2 Å². The highest BCUT2D eigenvalue weighted by atomic mass is 16.5. The lowest BCUT2D eigenvalue weighted by Crippen LogP contribution is -2.21. The molecule has 0 aliphatic heterocycles. The molecule has 0 spiro atoms. The van der Waals surface area contributed by atoms with E-state index in [9.17, 15) is 9.59 Å². The lowest BCUT2D eigenvalue weighted by atomic mass is 9.98. The van der Waals surface area contributed by atoms with Crippen molar-refractivity contribution in [1.29, 1.82) is 0 Å². The number of carbonyl (C=O) groups is 1. The van der Waals surface area contributed by atoms with Crippen LogP contribution in [0.1, 0.15) is 46.3 Å². The molecule has 182 valence electrons. The number of rotatable bonds is 8. The maximum Gasteiger partial charge on any atom is 0.279 e. The van der Waals surface area contributed by atoms with E-state index in [-0.39, 0.29) is 5.56 Å². The summed E-state index contributed by atoms with van der Waals surface area (Å²) in [7, 11) is 3.50. The maximum atomic E-state index is 13.9. The predicted molar refractivity (Wildman–Crippen MR) is 139 cm³/mol. The third kappa shape index (κ3) is 4.07. The Morgan fingerprint density at radius 2 is 1.63 bits per heavy atom. The first kappa shape index (κ1) is 24.1. The number of hydrogen-bond acceptors (Lipinski definition) is 3. The van der Waals surface area contributed by atoms with Gasteiger partial charge in [0.25, 0.3) is 11.5 Å². The summed E-state index contributed by atoms with van der Waals surface area (Å²) in [6, 6.07) is 17.3. The first-order chi connectivity index (χ1) is 16.8. The van der Waals surface area contributed by atoms with Crippen molar-refractivity contribution < 1.29 is 9.53 Å². The molecule has 1 amide bonds. The van der Waals surface area contributed by atoms with Crippen molar-refractivity contribution in [2.24, 2.45) is 12.8 Å². The molecule has 35 heavy (non-hydrogen) atoms. The van der Waals surface area contributed by atoms with Gasteiger partial charge in [0, 0.05) is 35.3 Å². The van der Waals surface area contributed by atoms with Crippen LogP contribution < -0.4 is 16.0 Å². The molecule has 2 N–H and O–H groups in total.